The first-order valence-corrected chi connectivity index (χ1v) is 6.78. The summed E-state index contributed by atoms with van der Waals surface area (Å²) in [6.07, 6.45) is 4.42. The van der Waals surface area contributed by atoms with Gasteiger partial charge in [0.05, 0.1) is 28.8 Å². The fraction of sp³-hybridized carbons (Fsp3) is 0.538. The summed E-state index contributed by atoms with van der Waals surface area (Å²) in [6, 6.07) is 0.323. The Morgan fingerprint density at radius 1 is 1.42 bits per heavy atom. The number of aromatic nitrogens is 4. The lowest BCUT2D eigenvalue weighted by Gasteiger charge is -2.05. The summed E-state index contributed by atoms with van der Waals surface area (Å²) in [5.74, 6) is 0.740. The molecule has 2 aromatic rings. The van der Waals surface area contributed by atoms with Crippen molar-refractivity contribution in [3.8, 4) is 5.75 Å². The number of hydrogen-bond donors (Lipinski definition) is 0. The van der Waals surface area contributed by atoms with E-state index in [-0.39, 0.29) is 0 Å². The largest absolute Gasteiger partial charge is 0.484 e. The summed E-state index contributed by atoms with van der Waals surface area (Å²) in [5.41, 5.74) is 1.79. The van der Waals surface area contributed by atoms with Crippen LogP contribution < -0.4 is 4.74 Å². The van der Waals surface area contributed by atoms with E-state index in [1.165, 1.54) is 0 Å². The molecule has 2 rings (SSSR count). The van der Waals surface area contributed by atoms with Crippen LogP contribution >= 0.6 is 11.6 Å². The molecule has 104 valence electrons. The van der Waals surface area contributed by atoms with Gasteiger partial charge in [0, 0.05) is 13.1 Å². The molecular weight excluding hydrogens is 264 g/mol. The van der Waals surface area contributed by atoms with Crippen LogP contribution in [0, 0.1) is 0 Å². The molecule has 0 N–H and O–H groups in total. The van der Waals surface area contributed by atoms with Gasteiger partial charge in [-0.1, -0.05) is 18.5 Å². The first-order valence-electron chi connectivity index (χ1n) is 6.40. The zero-order valence-electron chi connectivity index (χ0n) is 11.7. The van der Waals surface area contributed by atoms with E-state index in [4.69, 9.17) is 16.3 Å². The topological polar surface area (TPSA) is 44.9 Å². The highest BCUT2D eigenvalue weighted by molar-refractivity contribution is 6.31. The monoisotopic (exact) mass is 282 g/mol. The highest BCUT2D eigenvalue weighted by Gasteiger charge is 2.13. The van der Waals surface area contributed by atoms with E-state index in [9.17, 15) is 0 Å². The van der Waals surface area contributed by atoms with E-state index in [1.807, 2.05) is 24.9 Å². The zero-order valence-corrected chi connectivity index (χ0v) is 12.5. The Hall–Kier alpha value is -1.49. The van der Waals surface area contributed by atoms with Crippen molar-refractivity contribution in [2.75, 3.05) is 0 Å². The van der Waals surface area contributed by atoms with Gasteiger partial charge in [-0.05, 0) is 20.3 Å². The Morgan fingerprint density at radius 3 is 2.68 bits per heavy atom. The smallest absolute Gasteiger partial charge is 0.157 e. The molecule has 0 aliphatic carbocycles. The molecule has 0 aromatic carbocycles. The Bertz CT molecular complexity index is 559. The summed E-state index contributed by atoms with van der Waals surface area (Å²) >= 11 is 6.27. The van der Waals surface area contributed by atoms with Crippen molar-refractivity contribution in [1.29, 1.82) is 0 Å². The second-order valence-electron chi connectivity index (χ2n) is 4.72. The summed E-state index contributed by atoms with van der Waals surface area (Å²) < 4.78 is 9.34. The molecule has 0 unspecified atom stereocenters. The van der Waals surface area contributed by atoms with Crippen LogP contribution in [0.1, 0.15) is 38.2 Å². The van der Waals surface area contributed by atoms with E-state index >= 15 is 0 Å². The minimum Gasteiger partial charge on any atom is -0.484 e. The Labute approximate surface area is 118 Å². The molecule has 19 heavy (non-hydrogen) atoms. The normalized spacial score (nSPS) is 11.3. The van der Waals surface area contributed by atoms with Crippen molar-refractivity contribution in [2.24, 2.45) is 7.05 Å². The lowest BCUT2D eigenvalue weighted by atomic mass is 10.3. The predicted molar refractivity (Wildman–Crippen MR) is 74.5 cm³/mol. The lowest BCUT2D eigenvalue weighted by Crippen LogP contribution is -2.03. The van der Waals surface area contributed by atoms with Gasteiger partial charge >= 0.3 is 0 Å². The van der Waals surface area contributed by atoms with E-state index in [0.717, 1.165) is 23.6 Å². The van der Waals surface area contributed by atoms with Gasteiger partial charge in [-0.25, -0.2) is 0 Å². The molecule has 2 aromatic heterocycles. The Balaban J connectivity index is 2.07. The maximum absolute atomic E-state index is 6.27. The van der Waals surface area contributed by atoms with Crippen molar-refractivity contribution in [1.82, 2.24) is 19.6 Å². The average Bonchev–Trinajstić information content (AvgIpc) is 2.93. The van der Waals surface area contributed by atoms with Crippen LogP contribution in [0.5, 0.6) is 5.75 Å². The molecule has 0 radical (unpaired) electrons. The van der Waals surface area contributed by atoms with E-state index in [0.29, 0.717) is 17.7 Å². The number of nitrogens with zero attached hydrogens (tertiary/aromatic N) is 4. The van der Waals surface area contributed by atoms with Crippen LogP contribution in [0.4, 0.5) is 0 Å². The van der Waals surface area contributed by atoms with Gasteiger partial charge < -0.3 is 4.74 Å². The van der Waals surface area contributed by atoms with Crippen molar-refractivity contribution < 1.29 is 4.74 Å². The molecule has 6 heteroatoms. The summed E-state index contributed by atoms with van der Waals surface area (Å²) in [6.45, 7) is 6.57. The fourth-order valence-electron chi connectivity index (χ4n) is 1.81. The molecule has 0 spiro atoms. The number of halogens is 1. The number of aryl methyl sites for hydroxylation is 2. The molecule has 0 aliphatic heterocycles. The van der Waals surface area contributed by atoms with E-state index in [2.05, 4.69) is 24.0 Å². The minimum absolute atomic E-state index is 0.323. The van der Waals surface area contributed by atoms with Gasteiger partial charge in [-0.15, -0.1) is 0 Å². The van der Waals surface area contributed by atoms with Gasteiger partial charge in [-0.2, -0.15) is 10.2 Å². The molecular formula is C13H19ClN4O. The zero-order chi connectivity index (χ0) is 14.0. The van der Waals surface area contributed by atoms with Gasteiger partial charge in [0.2, 0.25) is 0 Å². The quantitative estimate of drug-likeness (QED) is 0.847. The minimum atomic E-state index is 0.323. The van der Waals surface area contributed by atoms with Gasteiger partial charge in [0.1, 0.15) is 6.61 Å². The molecule has 0 bridgehead atoms. The third kappa shape index (κ3) is 2.92. The standard InChI is InChI=1S/C13H19ClN4O/c1-5-11-13(14)12(17(4)16-11)8-19-10-6-15-18(7-10)9(2)3/h6-7,9H,5,8H2,1-4H3. The number of hydrogen-bond acceptors (Lipinski definition) is 3. The van der Waals surface area contributed by atoms with Crippen LogP contribution in [-0.4, -0.2) is 19.6 Å². The first-order chi connectivity index (χ1) is 9.02. The van der Waals surface area contributed by atoms with Crippen LogP contribution in [-0.2, 0) is 20.1 Å². The lowest BCUT2D eigenvalue weighted by molar-refractivity contribution is 0.294. The van der Waals surface area contributed by atoms with Crippen molar-refractivity contribution >= 4 is 11.6 Å². The third-order valence-corrected chi connectivity index (χ3v) is 3.42. The fourth-order valence-corrected chi connectivity index (χ4v) is 2.15. The molecule has 0 aliphatic rings. The maximum Gasteiger partial charge on any atom is 0.157 e. The molecule has 0 fully saturated rings. The highest BCUT2D eigenvalue weighted by Crippen LogP contribution is 2.22. The predicted octanol–water partition coefficient (Wildman–Crippen LogP) is 2.99. The Kier molecular flexibility index (Phi) is 4.14. The van der Waals surface area contributed by atoms with Crippen LogP contribution in [0.25, 0.3) is 0 Å². The van der Waals surface area contributed by atoms with Crippen molar-refractivity contribution in [3.63, 3.8) is 0 Å². The second kappa shape index (κ2) is 5.65. The maximum atomic E-state index is 6.27. The van der Waals surface area contributed by atoms with E-state index < -0.39 is 0 Å². The summed E-state index contributed by atoms with van der Waals surface area (Å²) in [5, 5.41) is 9.28. The Morgan fingerprint density at radius 2 is 2.16 bits per heavy atom. The summed E-state index contributed by atoms with van der Waals surface area (Å²) in [4.78, 5) is 0. The SMILES string of the molecule is CCc1nn(C)c(COc2cnn(C(C)C)c2)c1Cl. The molecule has 5 nitrogen and oxygen atoms in total. The number of ether oxygens (including phenoxy) is 1. The highest BCUT2D eigenvalue weighted by atomic mass is 35.5. The van der Waals surface area contributed by atoms with Crippen LogP contribution in [0.2, 0.25) is 5.02 Å². The molecule has 0 amide bonds. The molecule has 0 saturated heterocycles. The first kappa shape index (κ1) is 13.9. The summed E-state index contributed by atoms with van der Waals surface area (Å²) in [7, 11) is 1.88. The van der Waals surface area contributed by atoms with Gasteiger partial charge in [0.15, 0.2) is 5.75 Å². The molecule has 0 saturated carbocycles. The van der Waals surface area contributed by atoms with Crippen molar-refractivity contribution in [2.45, 2.75) is 39.8 Å². The van der Waals surface area contributed by atoms with Gasteiger partial charge in [-0.3, -0.25) is 9.36 Å². The van der Waals surface area contributed by atoms with Crippen LogP contribution in [0.3, 0.4) is 0 Å². The van der Waals surface area contributed by atoms with E-state index in [1.54, 1.807) is 10.9 Å². The molecule has 0 atom stereocenters. The third-order valence-electron chi connectivity index (χ3n) is 2.99. The van der Waals surface area contributed by atoms with Crippen LogP contribution in [0.15, 0.2) is 12.4 Å². The van der Waals surface area contributed by atoms with Gasteiger partial charge in [0.25, 0.3) is 0 Å². The second-order valence-corrected chi connectivity index (χ2v) is 5.10. The van der Waals surface area contributed by atoms with Crippen molar-refractivity contribution in [3.05, 3.63) is 28.8 Å². The number of rotatable bonds is 5. The molecule has 2 heterocycles. The average molecular weight is 283 g/mol.